The second kappa shape index (κ2) is 9.28. The summed E-state index contributed by atoms with van der Waals surface area (Å²) in [4.78, 5) is 26.1. The van der Waals surface area contributed by atoms with Crippen LogP contribution in [0.3, 0.4) is 0 Å². The molecular weight excluding hydrogens is 330 g/mol. The molecule has 7 nitrogen and oxygen atoms in total. The number of likely N-dealkylation sites (tertiary alicyclic amines) is 1. The number of rotatable bonds is 6. The molecule has 1 aromatic rings. The van der Waals surface area contributed by atoms with E-state index in [1.165, 1.54) is 0 Å². The van der Waals surface area contributed by atoms with Crippen molar-refractivity contribution in [2.24, 2.45) is 5.92 Å². The molecule has 3 rings (SSSR count). The van der Waals surface area contributed by atoms with Crippen molar-refractivity contribution in [2.45, 2.75) is 38.6 Å². The molecule has 0 unspecified atom stereocenters. The van der Waals surface area contributed by atoms with Gasteiger partial charge in [-0.15, -0.1) is 0 Å². The van der Waals surface area contributed by atoms with Gasteiger partial charge in [0, 0.05) is 51.2 Å². The zero-order valence-corrected chi connectivity index (χ0v) is 16.0. The van der Waals surface area contributed by atoms with E-state index in [1.54, 1.807) is 7.11 Å². The van der Waals surface area contributed by atoms with E-state index in [4.69, 9.17) is 4.74 Å². The molecule has 7 heteroatoms. The van der Waals surface area contributed by atoms with Gasteiger partial charge in [-0.3, -0.25) is 9.69 Å². The van der Waals surface area contributed by atoms with E-state index < -0.39 is 0 Å². The lowest BCUT2D eigenvalue weighted by atomic mass is 9.93. The molecule has 2 fully saturated rings. The van der Waals surface area contributed by atoms with Gasteiger partial charge in [0.2, 0.25) is 11.9 Å². The fraction of sp³-hybridized carbons (Fsp3) is 0.737. The standard InChI is InChI=1S/C19H31N5O2/c1-15-5-8-21-19(22-15)23-11-6-17(7-12-23)24-10-3-4-16(14-24)18(25)20-9-13-26-2/h5,8,16-17H,3-4,6-7,9-14H2,1-2H3,(H,20,25)/t16-/m0/s1. The lowest BCUT2D eigenvalue weighted by molar-refractivity contribution is -0.127. The van der Waals surface area contributed by atoms with Crippen LogP contribution in [0.15, 0.2) is 12.3 Å². The highest BCUT2D eigenvalue weighted by Gasteiger charge is 2.31. The zero-order valence-electron chi connectivity index (χ0n) is 16.0. The van der Waals surface area contributed by atoms with Gasteiger partial charge in [0.1, 0.15) is 0 Å². The van der Waals surface area contributed by atoms with Gasteiger partial charge in [0.05, 0.1) is 12.5 Å². The SMILES string of the molecule is COCCNC(=O)[C@H]1CCCN(C2CCN(c3nccc(C)n3)CC2)C1. The Bertz CT molecular complexity index is 589. The maximum atomic E-state index is 12.4. The highest BCUT2D eigenvalue weighted by molar-refractivity contribution is 5.78. The van der Waals surface area contributed by atoms with Crippen LogP contribution in [0.1, 0.15) is 31.4 Å². The van der Waals surface area contributed by atoms with Gasteiger partial charge in [-0.1, -0.05) is 0 Å². The van der Waals surface area contributed by atoms with Gasteiger partial charge in [0.15, 0.2) is 0 Å². The van der Waals surface area contributed by atoms with Crippen molar-refractivity contribution in [1.29, 1.82) is 0 Å². The van der Waals surface area contributed by atoms with Crippen molar-refractivity contribution in [3.63, 3.8) is 0 Å². The van der Waals surface area contributed by atoms with E-state index in [0.717, 1.165) is 63.5 Å². The summed E-state index contributed by atoms with van der Waals surface area (Å²) in [6.07, 6.45) is 6.14. The van der Waals surface area contributed by atoms with Crippen LogP contribution < -0.4 is 10.2 Å². The topological polar surface area (TPSA) is 70.6 Å². The molecule has 0 saturated carbocycles. The largest absolute Gasteiger partial charge is 0.383 e. The lowest BCUT2D eigenvalue weighted by Crippen LogP contribution is -2.51. The van der Waals surface area contributed by atoms with Crippen molar-refractivity contribution in [2.75, 3.05) is 51.3 Å². The van der Waals surface area contributed by atoms with Crippen molar-refractivity contribution >= 4 is 11.9 Å². The molecule has 1 amide bonds. The van der Waals surface area contributed by atoms with Gasteiger partial charge < -0.3 is 15.0 Å². The number of carbonyl (C=O) groups is 1. The van der Waals surface area contributed by atoms with Gasteiger partial charge >= 0.3 is 0 Å². The first-order valence-corrected chi connectivity index (χ1v) is 9.72. The fourth-order valence-electron chi connectivity index (χ4n) is 3.99. The maximum Gasteiger partial charge on any atom is 0.225 e. The van der Waals surface area contributed by atoms with Crippen LogP contribution in [-0.2, 0) is 9.53 Å². The highest BCUT2D eigenvalue weighted by atomic mass is 16.5. The van der Waals surface area contributed by atoms with E-state index in [0.29, 0.717) is 19.2 Å². The van der Waals surface area contributed by atoms with Crippen molar-refractivity contribution in [3.8, 4) is 0 Å². The minimum absolute atomic E-state index is 0.110. The molecule has 0 radical (unpaired) electrons. The minimum Gasteiger partial charge on any atom is -0.383 e. The first-order chi connectivity index (χ1) is 12.7. The summed E-state index contributed by atoms with van der Waals surface area (Å²) < 4.78 is 5.01. The molecule has 1 N–H and O–H groups in total. The molecule has 2 aliphatic heterocycles. The molecule has 0 aromatic carbocycles. The molecule has 1 aromatic heterocycles. The molecule has 2 saturated heterocycles. The number of piperidine rings is 2. The Kier molecular flexibility index (Phi) is 6.80. The quantitative estimate of drug-likeness (QED) is 0.769. The predicted octanol–water partition coefficient (Wildman–Crippen LogP) is 1.23. The van der Waals surface area contributed by atoms with Crippen LogP contribution in [-0.4, -0.2) is 73.3 Å². The van der Waals surface area contributed by atoms with Gasteiger partial charge in [-0.25, -0.2) is 9.97 Å². The average Bonchev–Trinajstić information content (AvgIpc) is 2.68. The van der Waals surface area contributed by atoms with E-state index in [2.05, 4.69) is 25.1 Å². The zero-order chi connectivity index (χ0) is 18.4. The maximum absolute atomic E-state index is 12.4. The third-order valence-electron chi connectivity index (χ3n) is 5.47. The summed E-state index contributed by atoms with van der Waals surface area (Å²) in [5, 5.41) is 3.00. The Balaban J connectivity index is 1.48. The Labute approximate surface area is 156 Å². The number of hydrogen-bond donors (Lipinski definition) is 1. The molecule has 0 bridgehead atoms. The van der Waals surface area contributed by atoms with Crippen molar-refractivity contribution in [1.82, 2.24) is 20.2 Å². The molecular formula is C19H31N5O2. The third-order valence-corrected chi connectivity index (χ3v) is 5.47. The molecule has 0 spiro atoms. The normalized spacial score (nSPS) is 22.4. The number of aromatic nitrogens is 2. The Morgan fingerprint density at radius 2 is 2.12 bits per heavy atom. The third kappa shape index (κ3) is 4.92. The average molecular weight is 361 g/mol. The van der Waals surface area contributed by atoms with Crippen LogP contribution in [0.2, 0.25) is 0 Å². The number of nitrogens with zero attached hydrogens (tertiary/aromatic N) is 4. The minimum atomic E-state index is 0.110. The molecule has 1 atom stereocenters. The summed E-state index contributed by atoms with van der Waals surface area (Å²) >= 11 is 0. The van der Waals surface area contributed by atoms with Crippen LogP contribution in [0.5, 0.6) is 0 Å². The Hall–Kier alpha value is -1.73. The molecule has 2 aliphatic rings. The van der Waals surface area contributed by atoms with Crippen LogP contribution >= 0.6 is 0 Å². The highest BCUT2D eigenvalue weighted by Crippen LogP contribution is 2.25. The van der Waals surface area contributed by atoms with Crippen LogP contribution in [0.25, 0.3) is 0 Å². The van der Waals surface area contributed by atoms with Crippen molar-refractivity contribution < 1.29 is 9.53 Å². The summed E-state index contributed by atoms with van der Waals surface area (Å²) in [7, 11) is 1.66. The number of nitrogens with one attached hydrogen (secondary N) is 1. The predicted molar refractivity (Wildman–Crippen MR) is 101 cm³/mol. The van der Waals surface area contributed by atoms with E-state index >= 15 is 0 Å². The number of ether oxygens (including phenoxy) is 1. The van der Waals surface area contributed by atoms with E-state index in [-0.39, 0.29) is 11.8 Å². The molecule has 0 aliphatic carbocycles. The monoisotopic (exact) mass is 361 g/mol. The summed E-state index contributed by atoms with van der Waals surface area (Å²) in [6.45, 7) is 7.12. The number of amides is 1. The van der Waals surface area contributed by atoms with Crippen LogP contribution in [0.4, 0.5) is 5.95 Å². The van der Waals surface area contributed by atoms with Gasteiger partial charge in [-0.2, -0.15) is 0 Å². The van der Waals surface area contributed by atoms with Crippen LogP contribution in [0, 0.1) is 12.8 Å². The number of methoxy groups -OCH3 is 1. The van der Waals surface area contributed by atoms with Gasteiger partial charge in [-0.05, 0) is 45.2 Å². The fourth-order valence-corrected chi connectivity index (χ4v) is 3.99. The first-order valence-electron chi connectivity index (χ1n) is 9.72. The smallest absolute Gasteiger partial charge is 0.225 e. The summed E-state index contributed by atoms with van der Waals surface area (Å²) in [5.74, 6) is 1.13. The lowest BCUT2D eigenvalue weighted by Gasteiger charge is -2.42. The summed E-state index contributed by atoms with van der Waals surface area (Å²) in [6, 6.07) is 2.49. The number of anilines is 1. The Morgan fingerprint density at radius 1 is 1.31 bits per heavy atom. The van der Waals surface area contributed by atoms with Crippen molar-refractivity contribution in [3.05, 3.63) is 18.0 Å². The second-order valence-electron chi connectivity index (χ2n) is 7.33. The first kappa shape index (κ1) is 19.0. The number of aryl methyl sites for hydroxylation is 1. The summed E-state index contributed by atoms with van der Waals surface area (Å²) in [5.41, 5.74) is 1.01. The number of hydrogen-bond acceptors (Lipinski definition) is 6. The molecule has 26 heavy (non-hydrogen) atoms. The van der Waals surface area contributed by atoms with Gasteiger partial charge in [0.25, 0.3) is 0 Å². The Morgan fingerprint density at radius 3 is 2.85 bits per heavy atom. The van der Waals surface area contributed by atoms with E-state index in [1.807, 2.05) is 19.2 Å². The second-order valence-corrected chi connectivity index (χ2v) is 7.33. The number of carbonyl (C=O) groups excluding carboxylic acids is 1. The van der Waals surface area contributed by atoms with E-state index in [9.17, 15) is 4.79 Å². The molecule has 144 valence electrons. The molecule has 3 heterocycles.